The van der Waals surface area contributed by atoms with Gasteiger partial charge in [-0.1, -0.05) is 11.3 Å². The number of halogens is 2. The molecule has 0 spiro atoms. The number of nitrogens with one attached hydrogen (secondary N) is 2. The van der Waals surface area contributed by atoms with Crippen molar-refractivity contribution in [2.24, 2.45) is 5.92 Å². The smallest absolute Gasteiger partial charge is 0.228 e. The van der Waals surface area contributed by atoms with Crippen LogP contribution in [-0.4, -0.2) is 37.1 Å². The molecule has 8 heteroatoms. The number of aromatic nitrogens is 1. The number of benzene rings is 1. The van der Waals surface area contributed by atoms with Crippen molar-refractivity contribution < 1.29 is 4.79 Å². The van der Waals surface area contributed by atoms with Gasteiger partial charge in [0.2, 0.25) is 5.91 Å². The molecular weight excluding hydrogens is 379 g/mol. The molecule has 0 saturated carbocycles. The van der Waals surface area contributed by atoms with Gasteiger partial charge in [-0.2, -0.15) is 0 Å². The summed E-state index contributed by atoms with van der Waals surface area (Å²) in [6.45, 7) is 4.03. The molecule has 1 amide bonds. The average molecular weight is 403 g/mol. The van der Waals surface area contributed by atoms with E-state index in [4.69, 9.17) is 4.98 Å². The Balaban J connectivity index is 0.00000113. The lowest BCUT2D eigenvalue weighted by atomic mass is 9.99. The molecule has 1 atom stereocenters. The van der Waals surface area contributed by atoms with Gasteiger partial charge in [-0.05, 0) is 50.4 Å². The zero-order valence-corrected chi connectivity index (χ0v) is 16.4. The Morgan fingerprint density at radius 1 is 1.24 bits per heavy atom. The van der Waals surface area contributed by atoms with Crippen LogP contribution in [0.3, 0.4) is 0 Å². The number of carbonyl (C=O) groups excluding carboxylic acids is 1. The standard InChI is InChI=1S/C17H22N4OS.2ClH/c22-16(12-4-3-7-18-11-12)19-13-5-6-14-15(10-13)23-17(20-14)21-8-1-2-9-21;;/h5-6,10,12,18H,1-4,7-9,11H2,(H,19,22);2*1H. The van der Waals surface area contributed by atoms with Crippen molar-refractivity contribution in [3.63, 3.8) is 0 Å². The van der Waals surface area contributed by atoms with Gasteiger partial charge in [-0.3, -0.25) is 4.79 Å². The van der Waals surface area contributed by atoms with Gasteiger partial charge in [-0.15, -0.1) is 24.8 Å². The van der Waals surface area contributed by atoms with Crippen molar-refractivity contribution in [3.05, 3.63) is 18.2 Å². The summed E-state index contributed by atoms with van der Waals surface area (Å²) in [5, 5.41) is 7.47. The number of hydrogen-bond acceptors (Lipinski definition) is 5. The van der Waals surface area contributed by atoms with E-state index >= 15 is 0 Å². The first-order chi connectivity index (χ1) is 11.3. The van der Waals surface area contributed by atoms with Gasteiger partial charge in [0.15, 0.2) is 5.13 Å². The molecule has 0 aliphatic carbocycles. The van der Waals surface area contributed by atoms with Crippen LogP contribution in [0.5, 0.6) is 0 Å². The molecule has 5 nitrogen and oxygen atoms in total. The fourth-order valence-electron chi connectivity index (χ4n) is 3.35. The highest BCUT2D eigenvalue weighted by atomic mass is 35.5. The second-order valence-corrected chi connectivity index (χ2v) is 7.41. The minimum atomic E-state index is 0. The van der Waals surface area contributed by atoms with E-state index in [0.29, 0.717) is 0 Å². The van der Waals surface area contributed by atoms with Crippen LogP contribution in [0.2, 0.25) is 0 Å². The summed E-state index contributed by atoms with van der Waals surface area (Å²) < 4.78 is 1.14. The highest BCUT2D eigenvalue weighted by Crippen LogP contribution is 2.32. The molecule has 2 aliphatic heterocycles. The molecule has 0 radical (unpaired) electrons. The summed E-state index contributed by atoms with van der Waals surface area (Å²) in [7, 11) is 0. The van der Waals surface area contributed by atoms with E-state index in [1.807, 2.05) is 12.1 Å². The van der Waals surface area contributed by atoms with Crippen molar-refractivity contribution in [3.8, 4) is 0 Å². The zero-order valence-electron chi connectivity index (χ0n) is 14.0. The SMILES string of the molecule is Cl.Cl.O=C(Nc1ccc2nc(N3CCCC3)sc2c1)C1CCCNC1. The quantitative estimate of drug-likeness (QED) is 0.821. The number of fused-ring (bicyclic) bond motifs is 1. The van der Waals surface area contributed by atoms with Crippen LogP contribution in [0.1, 0.15) is 25.7 Å². The molecule has 25 heavy (non-hydrogen) atoms. The summed E-state index contributed by atoms with van der Waals surface area (Å²) >= 11 is 1.72. The number of piperidine rings is 1. The minimum Gasteiger partial charge on any atom is -0.348 e. The van der Waals surface area contributed by atoms with E-state index < -0.39 is 0 Å². The van der Waals surface area contributed by atoms with Crippen LogP contribution in [0.4, 0.5) is 10.8 Å². The topological polar surface area (TPSA) is 57.3 Å². The van der Waals surface area contributed by atoms with E-state index in [9.17, 15) is 4.79 Å². The number of rotatable bonds is 3. The highest BCUT2D eigenvalue weighted by molar-refractivity contribution is 7.22. The predicted molar refractivity (Wildman–Crippen MR) is 110 cm³/mol. The van der Waals surface area contributed by atoms with E-state index in [-0.39, 0.29) is 36.6 Å². The van der Waals surface area contributed by atoms with Crippen molar-refractivity contribution in [2.75, 3.05) is 36.4 Å². The molecule has 2 aliphatic rings. The maximum absolute atomic E-state index is 12.3. The minimum absolute atomic E-state index is 0. The molecule has 2 N–H and O–H groups in total. The second-order valence-electron chi connectivity index (χ2n) is 6.41. The van der Waals surface area contributed by atoms with Crippen LogP contribution < -0.4 is 15.5 Å². The summed E-state index contributed by atoms with van der Waals surface area (Å²) in [6.07, 6.45) is 4.56. The van der Waals surface area contributed by atoms with Gasteiger partial charge in [-0.25, -0.2) is 4.98 Å². The van der Waals surface area contributed by atoms with E-state index in [1.165, 1.54) is 12.8 Å². The van der Waals surface area contributed by atoms with E-state index in [2.05, 4.69) is 21.6 Å². The lowest BCUT2D eigenvalue weighted by Crippen LogP contribution is -2.37. The molecule has 2 saturated heterocycles. The first kappa shape index (κ1) is 20.2. The number of amides is 1. The lowest BCUT2D eigenvalue weighted by molar-refractivity contribution is -0.120. The highest BCUT2D eigenvalue weighted by Gasteiger charge is 2.21. The maximum Gasteiger partial charge on any atom is 0.228 e. The van der Waals surface area contributed by atoms with Crippen LogP contribution >= 0.6 is 36.2 Å². The molecule has 1 unspecified atom stereocenters. The molecule has 4 rings (SSSR count). The summed E-state index contributed by atoms with van der Waals surface area (Å²) in [4.78, 5) is 19.4. The van der Waals surface area contributed by atoms with Gasteiger partial charge in [0.05, 0.1) is 16.1 Å². The van der Waals surface area contributed by atoms with Crippen molar-refractivity contribution >= 4 is 63.1 Å². The number of thiazole rings is 1. The number of carbonyl (C=O) groups is 1. The summed E-state index contributed by atoms with van der Waals surface area (Å²) in [5.41, 5.74) is 1.90. The first-order valence-corrected chi connectivity index (χ1v) is 9.28. The molecule has 0 bridgehead atoms. The Morgan fingerprint density at radius 2 is 2.04 bits per heavy atom. The van der Waals surface area contributed by atoms with E-state index in [0.717, 1.165) is 60.1 Å². The Hall–Kier alpha value is -1.08. The molecule has 2 aromatic rings. The normalized spacial score (nSPS) is 20.0. The van der Waals surface area contributed by atoms with Crippen LogP contribution in [0, 0.1) is 5.92 Å². The second kappa shape index (κ2) is 9.03. The van der Waals surface area contributed by atoms with E-state index in [1.54, 1.807) is 11.3 Å². The summed E-state index contributed by atoms with van der Waals surface area (Å²) in [6, 6.07) is 6.03. The van der Waals surface area contributed by atoms with Crippen LogP contribution in [0.15, 0.2) is 18.2 Å². The monoisotopic (exact) mass is 402 g/mol. The van der Waals surface area contributed by atoms with Crippen LogP contribution in [0.25, 0.3) is 10.2 Å². The zero-order chi connectivity index (χ0) is 15.6. The fraction of sp³-hybridized carbons (Fsp3) is 0.529. The lowest BCUT2D eigenvalue weighted by Gasteiger charge is -2.21. The Kier molecular flexibility index (Phi) is 7.31. The van der Waals surface area contributed by atoms with Crippen molar-refractivity contribution in [1.29, 1.82) is 0 Å². The summed E-state index contributed by atoms with van der Waals surface area (Å²) in [5.74, 6) is 0.210. The Labute approximate surface area is 164 Å². The first-order valence-electron chi connectivity index (χ1n) is 8.47. The van der Waals surface area contributed by atoms with Crippen molar-refractivity contribution in [2.45, 2.75) is 25.7 Å². The fourth-order valence-corrected chi connectivity index (χ4v) is 4.41. The number of nitrogens with zero attached hydrogens (tertiary/aromatic N) is 2. The number of anilines is 2. The average Bonchev–Trinajstić information content (AvgIpc) is 3.24. The molecule has 3 heterocycles. The van der Waals surface area contributed by atoms with Gasteiger partial charge < -0.3 is 15.5 Å². The Morgan fingerprint density at radius 3 is 2.76 bits per heavy atom. The van der Waals surface area contributed by atoms with Crippen molar-refractivity contribution in [1.82, 2.24) is 10.3 Å². The van der Waals surface area contributed by atoms with Gasteiger partial charge in [0, 0.05) is 25.3 Å². The Bertz CT molecular complexity index is 712. The van der Waals surface area contributed by atoms with Crippen LogP contribution in [-0.2, 0) is 4.79 Å². The third-order valence-corrected chi connectivity index (χ3v) is 5.77. The molecular formula is C17H24Cl2N4OS. The molecule has 1 aromatic carbocycles. The van der Waals surface area contributed by atoms with Gasteiger partial charge in [0.1, 0.15) is 0 Å². The van der Waals surface area contributed by atoms with Gasteiger partial charge in [0.25, 0.3) is 0 Å². The third kappa shape index (κ3) is 4.56. The number of hydrogen-bond donors (Lipinski definition) is 2. The molecule has 2 fully saturated rings. The maximum atomic E-state index is 12.3. The molecule has 1 aromatic heterocycles. The van der Waals surface area contributed by atoms with Gasteiger partial charge >= 0.3 is 0 Å². The molecule has 138 valence electrons. The predicted octanol–water partition coefficient (Wildman–Crippen LogP) is 3.68. The third-order valence-electron chi connectivity index (χ3n) is 4.69. The largest absolute Gasteiger partial charge is 0.348 e.